The molecule has 0 bridgehead atoms. The zero-order valence-corrected chi connectivity index (χ0v) is 16.3. The molecule has 1 saturated carbocycles. The van der Waals surface area contributed by atoms with E-state index in [0.29, 0.717) is 19.6 Å². The van der Waals surface area contributed by atoms with Gasteiger partial charge in [0.05, 0.1) is 6.54 Å². The van der Waals surface area contributed by atoms with Crippen molar-refractivity contribution in [3.63, 3.8) is 0 Å². The molecule has 1 aliphatic carbocycles. The van der Waals surface area contributed by atoms with Gasteiger partial charge in [0, 0.05) is 25.6 Å². The summed E-state index contributed by atoms with van der Waals surface area (Å²) in [6.07, 6.45) is 2.05. The first-order valence-corrected chi connectivity index (χ1v) is 9.86. The van der Waals surface area contributed by atoms with E-state index < -0.39 is 0 Å². The van der Waals surface area contributed by atoms with Gasteiger partial charge in [-0.15, -0.1) is 0 Å². The van der Waals surface area contributed by atoms with Crippen molar-refractivity contribution < 1.29 is 9.53 Å². The number of nitrogens with one attached hydrogen (secondary N) is 3. The molecular weight excluding hydrogens is 352 g/mol. The van der Waals surface area contributed by atoms with E-state index in [1.54, 1.807) is 0 Å². The van der Waals surface area contributed by atoms with Crippen molar-refractivity contribution in [2.45, 2.75) is 26.3 Å². The van der Waals surface area contributed by atoms with Gasteiger partial charge in [0.15, 0.2) is 5.96 Å². The number of rotatable bonds is 9. The minimum atomic E-state index is 0.166. The minimum absolute atomic E-state index is 0.166. The van der Waals surface area contributed by atoms with Gasteiger partial charge in [-0.2, -0.15) is 0 Å². The Bertz CT molecular complexity index is 788. The molecule has 0 radical (unpaired) electrons. The number of benzene rings is 2. The highest BCUT2D eigenvalue weighted by Gasteiger charge is 2.28. The highest BCUT2D eigenvalue weighted by atomic mass is 16.5. The second-order valence-electron chi connectivity index (χ2n) is 6.75. The Hall–Kier alpha value is -3.02. The molecule has 3 N–H and O–H groups in total. The van der Waals surface area contributed by atoms with Crippen LogP contribution in [0.1, 0.15) is 25.3 Å². The number of hydrogen-bond donors (Lipinski definition) is 3. The van der Waals surface area contributed by atoms with Crippen LogP contribution in [0.25, 0.3) is 0 Å². The Morgan fingerprint density at radius 3 is 2.50 bits per heavy atom. The molecule has 3 rings (SSSR count). The minimum Gasteiger partial charge on any atom is -0.457 e. The van der Waals surface area contributed by atoms with Crippen LogP contribution >= 0.6 is 0 Å². The summed E-state index contributed by atoms with van der Waals surface area (Å²) in [5.41, 5.74) is 1.06. The van der Waals surface area contributed by atoms with Crippen LogP contribution in [0.15, 0.2) is 59.6 Å². The third kappa shape index (κ3) is 6.61. The first-order chi connectivity index (χ1) is 13.7. The van der Waals surface area contributed by atoms with Crippen LogP contribution < -0.4 is 20.7 Å². The normalized spacial score (nSPS) is 13.7. The molecule has 0 aliphatic heterocycles. The zero-order chi connectivity index (χ0) is 19.6. The van der Waals surface area contributed by atoms with Gasteiger partial charge in [-0.1, -0.05) is 30.3 Å². The molecule has 1 aliphatic rings. The molecule has 1 amide bonds. The highest BCUT2D eigenvalue weighted by Crippen LogP contribution is 2.28. The van der Waals surface area contributed by atoms with Gasteiger partial charge in [0.1, 0.15) is 11.5 Å². The van der Waals surface area contributed by atoms with E-state index in [1.165, 1.54) is 0 Å². The number of guanidine groups is 1. The SMILES string of the molecule is CCNC(=NCc1cccc(Oc2ccccc2)c1)NCCNC(=O)C1CC1. The smallest absolute Gasteiger partial charge is 0.223 e. The Morgan fingerprint density at radius 1 is 1.00 bits per heavy atom. The summed E-state index contributed by atoms with van der Waals surface area (Å²) < 4.78 is 5.88. The average molecular weight is 380 g/mol. The third-order valence-electron chi connectivity index (χ3n) is 4.31. The number of hydrogen-bond acceptors (Lipinski definition) is 3. The molecule has 0 unspecified atom stereocenters. The maximum absolute atomic E-state index is 11.7. The number of nitrogens with zero attached hydrogens (tertiary/aromatic N) is 1. The standard InChI is InChI=1S/C22H28N4O2/c1-2-23-22(25-14-13-24-21(27)18-11-12-18)26-16-17-7-6-10-20(15-17)28-19-8-4-3-5-9-19/h3-10,15,18H,2,11-14,16H2,1H3,(H,24,27)(H2,23,25,26). The largest absolute Gasteiger partial charge is 0.457 e. The third-order valence-corrected chi connectivity index (χ3v) is 4.31. The Morgan fingerprint density at radius 2 is 1.75 bits per heavy atom. The van der Waals surface area contributed by atoms with Crippen molar-refractivity contribution in [1.82, 2.24) is 16.0 Å². The van der Waals surface area contributed by atoms with E-state index in [0.717, 1.165) is 42.4 Å². The Kier molecular flexibility index (Phi) is 7.29. The van der Waals surface area contributed by atoms with Crippen LogP contribution in [0.2, 0.25) is 0 Å². The van der Waals surface area contributed by atoms with Gasteiger partial charge >= 0.3 is 0 Å². The zero-order valence-electron chi connectivity index (χ0n) is 16.3. The molecule has 28 heavy (non-hydrogen) atoms. The van der Waals surface area contributed by atoms with Crippen molar-refractivity contribution >= 4 is 11.9 Å². The van der Waals surface area contributed by atoms with E-state index in [2.05, 4.69) is 20.9 Å². The molecule has 148 valence electrons. The van der Waals surface area contributed by atoms with E-state index in [4.69, 9.17) is 4.74 Å². The van der Waals surface area contributed by atoms with Crippen molar-refractivity contribution in [2.75, 3.05) is 19.6 Å². The van der Waals surface area contributed by atoms with Crippen molar-refractivity contribution in [3.8, 4) is 11.5 Å². The van der Waals surface area contributed by atoms with E-state index in [9.17, 15) is 4.79 Å². The molecular formula is C22H28N4O2. The first-order valence-electron chi connectivity index (χ1n) is 9.86. The van der Waals surface area contributed by atoms with Gasteiger partial charge in [-0.25, -0.2) is 4.99 Å². The summed E-state index contributed by atoms with van der Waals surface area (Å²) in [5, 5.41) is 9.42. The summed E-state index contributed by atoms with van der Waals surface area (Å²) in [6.45, 7) is 4.58. The van der Waals surface area contributed by atoms with Crippen molar-refractivity contribution in [3.05, 3.63) is 60.2 Å². The van der Waals surface area contributed by atoms with E-state index in [1.807, 2.05) is 61.5 Å². The van der Waals surface area contributed by atoms with Gasteiger partial charge in [-0.3, -0.25) is 4.79 Å². The summed E-state index contributed by atoms with van der Waals surface area (Å²) >= 11 is 0. The van der Waals surface area contributed by atoms with Gasteiger partial charge in [0.2, 0.25) is 5.91 Å². The molecule has 6 heteroatoms. The molecule has 2 aromatic rings. The predicted molar refractivity (Wildman–Crippen MR) is 112 cm³/mol. The van der Waals surface area contributed by atoms with Crippen LogP contribution in [0.3, 0.4) is 0 Å². The first kappa shape index (κ1) is 19.7. The van der Waals surface area contributed by atoms with Crippen LogP contribution in [-0.4, -0.2) is 31.5 Å². The molecule has 0 saturated heterocycles. The number of ether oxygens (including phenoxy) is 1. The summed E-state index contributed by atoms with van der Waals surface area (Å²) in [4.78, 5) is 16.3. The van der Waals surface area contributed by atoms with Crippen LogP contribution in [0.5, 0.6) is 11.5 Å². The molecule has 2 aromatic carbocycles. The second-order valence-corrected chi connectivity index (χ2v) is 6.75. The van der Waals surface area contributed by atoms with Crippen LogP contribution in [0.4, 0.5) is 0 Å². The van der Waals surface area contributed by atoms with Gasteiger partial charge < -0.3 is 20.7 Å². The number of aliphatic imine (C=N–C) groups is 1. The molecule has 6 nitrogen and oxygen atoms in total. The molecule has 0 aromatic heterocycles. The lowest BCUT2D eigenvalue weighted by molar-refractivity contribution is -0.122. The van der Waals surface area contributed by atoms with Crippen molar-refractivity contribution in [2.24, 2.45) is 10.9 Å². The fraction of sp³-hybridized carbons (Fsp3) is 0.364. The number of amides is 1. The monoisotopic (exact) mass is 380 g/mol. The fourth-order valence-electron chi connectivity index (χ4n) is 2.70. The highest BCUT2D eigenvalue weighted by molar-refractivity contribution is 5.81. The van der Waals surface area contributed by atoms with Crippen LogP contribution in [0, 0.1) is 5.92 Å². The molecule has 0 heterocycles. The lowest BCUT2D eigenvalue weighted by Crippen LogP contribution is -2.41. The molecule has 0 atom stereocenters. The Balaban J connectivity index is 1.50. The summed E-state index contributed by atoms with van der Waals surface area (Å²) in [7, 11) is 0. The average Bonchev–Trinajstić information content (AvgIpc) is 3.56. The van der Waals surface area contributed by atoms with Gasteiger partial charge in [0.25, 0.3) is 0 Å². The summed E-state index contributed by atoms with van der Waals surface area (Å²) in [6, 6.07) is 17.7. The number of carbonyl (C=O) groups is 1. The van der Waals surface area contributed by atoms with Gasteiger partial charge in [-0.05, 0) is 49.6 Å². The predicted octanol–water partition coefficient (Wildman–Crippen LogP) is 3.06. The maximum atomic E-state index is 11.7. The van der Waals surface area contributed by atoms with Crippen LogP contribution in [-0.2, 0) is 11.3 Å². The lowest BCUT2D eigenvalue weighted by Gasteiger charge is -2.12. The lowest BCUT2D eigenvalue weighted by atomic mass is 10.2. The van der Waals surface area contributed by atoms with E-state index >= 15 is 0 Å². The fourth-order valence-corrected chi connectivity index (χ4v) is 2.70. The maximum Gasteiger partial charge on any atom is 0.223 e. The summed E-state index contributed by atoms with van der Waals surface area (Å²) in [5.74, 6) is 2.75. The topological polar surface area (TPSA) is 74.8 Å². The molecule has 0 spiro atoms. The van der Waals surface area contributed by atoms with Crippen molar-refractivity contribution in [1.29, 1.82) is 0 Å². The quantitative estimate of drug-likeness (QED) is 0.355. The van der Waals surface area contributed by atoms with E-state index in [-0.39, 0.29) is 11.8 Å². The number of carbonyl (C=O) groups excluding carboxylic acids is 1. The molecule has 1 fully saturated rings. The second kappa shape index (κ2) is 10.3. The number of para-hydroxylation sites is 1. The Labute approximate surface area is 166 Å².